The number of hydrogen-bond acceptors (Lipinski definition) is 4. The molecule has 2 aromatic heterocycles. The fraction of sp³-hybridized carbons (Fsp3) is 0.133. The molecule has 21 heavy (non-hydrogen) atoms. The summed E-state index contributed by atoms with van der Waals surface area (Å²) >= 11 is 0. The van der Waals surface area contributed by atoms with E-state index in [0.29, 0.717) is 17.9 Å². The van der Waals surface area contributed by atoms with Crippen LogP contribution in [0.2, 0.25) is 0 Å². The van der Waals surface area contributed by atoms with Crippen molar-refractivity contribution < 1.29 is 14.8 Å². The molecule has 0 spiro atoms. The number of aromatic nitrogens is 2. The van der Waals surface area contributed by atoms with E-state index in [1.807, 2.05) is 30.5 Å². The summed E-state index contributed by atoms with van der Waals surface area (Å²) in [6.07, 6.45) is 3.71. The number of pyridine rings is 1. The van der Waals surface area contributed by atoms with Crippen LogP contribution in [0.15, 0.2) is 48.8 Å². The van der Waals surface area contributed by atoms with Crippen LogP contribution in [0.1, 0.15) is 5.56 Å². The first kappa shape index (κ1) is 13.7. The van der Waals surface area contributed by atoms with Crippen molar-refractivity contribution >= 4 is 23.5 Å². The van der Waals surface area contributed by atoms with E-state index in [0.717, 1.165) is 16.5 Å². The van der Waals surface area contributed by atoms with E-state index < -0.39 is 7.12 Å². The number of ether oxygens (including phenoxy) is 1. The van der Waals surface area contributed by atoms with Gasteiger partial charge in [-0.2, -0.15) is 0 Å². The van der Waals surface area contributed by atoms with Gasteiger partial charge in [0.05, 0.1) is 18.0 Å². The van der Waals surface area contributed by atoms with Crippen molar-refractivity contribution in [2.24, 2.45) is 0 Å². The minimum atomic E-state index is -1.43. The molecular formula is C15H15BN2O3. The molecular weight excluding hydrogens is 267 g/mol. The van der Waals surface area contributed by atoms with Crippen molar-refractivity contribution in [3.63, 3.8) is 0 Å². The highest BCUT2D eigenvalue weighted by Gasteiger charge is 2.11. The third kappa shape index (κ3) is 2.63. The molecule has 106 valence electrons. The number of hydrogen-bond donors (Lipinski definition) is 2. The summed E-state index contributed by atoms with van der Waals surface area (Å²) in [4.78, 5) is 4.19. The number of nitrogens with zero attached hydrogens (tertiary/aromatic N) is 2. The van der Waals surface area contributed by atoms with Crippen LogP contribution in [0.4, 0.5) is 0 Å². The third-order valence-electron chi connectivity index (χ3n) is 3.49. The Morgan fingerprint density at radius 3 is 2.57 bits per heavy atom. The van der Waals surface area contributed by atoms with E-state index in [1.54, 1.807) is 25.4 Å². The molecule has 0 fully saturated rings. The lowest BCUT2D eigenvalue weighted by molar-refractivity contribution is 0.403. The third-order valence-corrected chi connectivity index (χ3v) is 3.49. The van der Waals surface area contributed by atoms with Crippen LogP contribution in [0.5, 0.6) is 5.88 Å². The number of benzene rings is 1. The van der Waals surface area contributed by atoms with Crippen molar-refractivity contribution in [1.82, 2.24) is 9.55 Å². The predicted octanol–water partition coefficient (Wildman–Crippen LogP) is 0.773. The Kier molecular flexibility index (Phi) is 3.64. The normalized spacial score (nSPS) is 10.8. The van der Waals surface area contributed by atoms with Crippen LogP contribution >= 0.6 is 0 Å². The summed E-state index contributed by atoms with van der Waals surface area (Å²) in [5.41, 5.74) is 2.61. The molecule has 5 nitrogen and oxygen atoms in total. The van der Waals surface area contributed by atoms with E-state index in [-0.39, 0.29) is 0 Å². The largest absolute Gasteiger partial charge is 0.488 e. The molecule has 0 atom stereocenters. The molecule has 0 saturated heterocycles. The smallest absolute Gasteiger partial charge is 0.481 e. The van der Waals surface area contributed by atoms with E-state index in [9.17, 15) is 0 Å². The van der Waals surface area contributed by atoms with Gasteiger partial charge in [0.2, 0.25) is 5.88 Å². The summed E-state index contributed by atoms with van der Waals surface area (Å²) in [6.45, 7) is 0.693. The molecule has 2 N–H and O–H groups in total. The lowest BCUT2D eigenvalue weighted by Gasteiger charge is -2.07. The molecule has 6 heteroatoms. The van der Waals surface area contributed by atoms with Crippen molar-refractivity contribution in [3.05, 3.63) is 54.4 Å². The quantitative estimate of drug-likeness (QED) is 0.694. The molecule has 0 saturated carbocycles. The Balaban J connectivity index is 1.91. The maximum Gasteiger partial charge on any atom is 0.488 e. The fourth-order valence-corrected chi connectivity index (χ4v) is 2.39. The second-order valence-electron chi connectivity index (χ2n) is 4.81. The van der Waals surface area contributed by atoms with Gasteiger partial charge in [0.25, 0.3) is 0 Å². The summed E-state index contributed by atoms with van der Waals surface area (Å²) in [7, 11) is 0.180. The topological polar surface area (TPSA) is 67.5 Å². The first-order valence-corrected chi connectivity index (χ1v) is 6.62. The van der Waals surface area contributed by atoms with Crippen LogP contribution in [-0.2, 0) is 6.54 Å². The molecule has 0 bridgehead atoms. The van der Waals surface area contributed by atoms with Gasteiger partial charge in [-0.3, -0.25) is 0 Å². The van der Waals surface area contributed by atoms with Crippen LogP contribution in [0, 0.1) is 0 Å². The predicted molar refractivity (Wildman–Crippen MR) is 81.7 cm³/mol. The van der Waals surface area contributed by atoms with E-state index in [1.165, 1.54) is 0 Å². The first-order valence-electron chi connectivity index (χ1n) is 6.62. The highest BCUT2D eigenvalue weighted by molar-refractivity contribution is 6.58. The molecule has 3 rings (SSSR count). The average Bonchev–Trinajstić information content (AvgIpc) is 2.91. The zero-order valence-electron chi connectivity index (χ0n) is 11.6. The minimum absolute atomic E-state index is 0.488. The van der Waals surface area contributed by atoms with Gasteiger partial charge in [-0.05, 0) is 23.2 Å². The number of fused-ring (bicyclic) bond motifs is 1. The lowest BCUT2D eigenvalue weighted by Crippen LogP contribution is -2.29. The summed E-state index contributed by atoms with van der Waals surface area (Å²) in [6, 6.07) is 11.1. The highest BCUT2D eigenvalue weighted by Crippen LogP contribution is 2.24. The summed E-state index contributed by atoms with van der Waals surface area (Å²) in [5.74, 6) is 0.616. The van der Waals surface area contributed by atoms with Gasteiger partial charge in [0, 0.05) is 18.9 Å². The Morgan fingerprint density at radius 1 is 1.14 bits per heavy atom. The van der Waals surface area contributed by atoms with Crippen LogP contribution in [0.25, 0.3) is 10.9 Å². The highest BCUT2D eigenvalue weighted by atomic mass is 16.5. The van der Waals surface area contributed by atoms with Crippen molar-refractivity contribution in [3.8, 4) is 5.88 Å². The van der Waals surface area contributed by atoms with E-state index >= 15 is 0 Å². The van der Waals surface area contributed by atoms with E-state index in [2.05, 4.69) is 9.55 Å². The average molecular weight is 282 g/mol. The van der Waals surface area contributed by atoms with Gasteiger partial charge in [0.1, 0.15) is 0 Å². The maximum atomic E-state index is 9.10. The molecule has 0 aliphatic carbocycles. The van der Waals surface area contributed by atoms with Crippen LogP contribution in [0.3, 0.4) is 0 Å². The molecule has 0 unspecified atom stereocenters. The molecule has 1 aromatic carbocycles. The SMILES string of the molecule is COc1nccc2c1ccn2Cc1ccc(B(O)O)cc1. The molecule has 0 amide bonds. The van der Waals surface area contributed by atoms with Crippen molar-refractivity contribution in [1.29, 1.82) is 0 Å². The molecule has 2 heterocycles. The Hall–Kier alpha value is -2.31. The van der Waals surface area contributed by atoms with Crippen LogP contribution in [-0.4, -0.2) is 33.8 Å². The van der Waals surface area contributed by atoms with Gasteiger partial charge < -0.3 is 19.4 Å². The molecule has 0 aliphatic heterocycles. The summed E-state index contributed by atoms with van der Waals surface area (Å²) < 4.78 is 7.35. The maximum absolute atomic E-state index is 9.10. The second-order valence-corrected chi connectivity index (χ2v) is 4.81. The molecule has 0 radical (unpaired) electrons. The van der Waals surface area contributed by atoms with Gasteiger partial charge in [-0.25, -0.2) is 4.98 Å². The lowest BCUT2D eigenvalue weighted by atomic mass is 9.80. The Labute approximate surface area is 122 Å². The first-order chi connectivity index (χ1) is 10.2. The number of rotatable bonds is 4. The van der Waals surface area contributed by atoms with Crippen molar-refractivity contribution in [2.45, 2.75) is 6.54 Å². The van der Waals surface area contributed by atoms with Gasteiger partial charge in [-0.1, -0.05) is 24.3 Å². The number of methoxy groups -OCH3 is 1. The Bertz CT molecular complexity index is 753. The molecule has 3 aromatic rings. The summed E-state index contributed by atoms with van der Waals surface area (Å²) in [5, 5.41) is 19.2. The standard InChI is InChI=1S/C15H15BN2O3/c1-21-15-13-7-9-18(14(13)6-8-17-15)10-11-2-4-12(5-3-11)16(19)20/h2-9,19-20H,10H2,1H3. The Morgan fingerprint density at radius 2 is 1.90 bits per heavy atom. The zero-order chi connectivity index (χ0) is 14.8. The fourth-order valence-electron chi connectivity index (χ4n) is 2.39. The van der Waals surface area contributed by atoms with Gasteiger partial charge in [0.15, 0.2) is 0 Å². The molecule has 0 aliphatic rings. The van der Waals surface area contributed by atoms with E-state index in [4.69, 9.17) is 14.8 Å². The zero-order valence-corrected chi connectivity index (χ0v) is 11.6. The van der Waals surface area contributed by atoms with Crippen molar-refractivity contribution in [2.75, 3.05) is 7.11 Å². The monoisotopic (exact) mass is 282 g/mol. The van der Waals surface area contributed by atoms with Gasteiger partial charge >= 0.3 is 7.12 Å². The van der Waals surface area contributed by atoms with Gasteiger partial charge in [-0.15, -0.1) is 0 Å². The van der Waals surface area contributed by atoms with Crippen LogP contribution < -0.4 is 10.2 Å². The minimum Gasteiger partial charge on any atom is -0.481 e. The second kappa shape index (κ2) is 5.59.